The second-order valence-corrected chi connectivity index (χ2v) is 6.47. The molecule has 0 saturated carbocycles. The first kappa shape index (κ1) is 15.9. The van der Waals surface area contributed by atoms with Crippen LogP contribution in [0.2, 0.25) is 0 Å². The van der Waals surface area contributed by atoms with Gasteiger partial charge in [-0.3, -0.25) is 4.98 Å². The average Bonchev–Trinajstić information content (AvgIpc) is 2.84. The number of anilines is 1. The Morgan fingerprint density at radius 1 is 1.29 bits per heavy atom. The van der Waals surface area contributed by atoms with Gasteiger partial charge in [0, 0.05) is 42.9 Å². The Labute approximate surface area is 131 Å². The molecule has 2 aromatic rings. The summed E-state index contributed by atoms with van der Waals surface area (Å²) in [6.07, 6.45) is 3.68. The molecule has 5 heteroatoms. The molecule has 2 heterocycles. The molecular formula is C16H24N4S. The topological polar surface area (TPSA) is 41.1 Å². The smallest absolute Gasteiger partial charge is 0.186 e. The fourth-order valence-electron chi connectivity index (χ4n) is 2.03. The van der Waals surface area contributed by atoms with Gasteiger partial charge in [0.15, 0.2) is 5.13 Å². The van der Waals surface area contributed by atoms with E-state index in [0.717, 1.165) is 30.5 Å². The van der Waals surface area contributed by atoms with E-state index >= 15 is 0 Å². The zero-order valence-corrected chi connectivity index (χ0v) is 14.1. The van der Waals surface area contributed by atoms with E-state index in [-0.39, 0.29) is 0 Å². The molecule has 21 heavy (non-hydrogen) atoms. The largest absolute Gasteiger partial charge is 0.344 e. The molecule has 114 valence electrons. The lowest BCUT2D eigenvalue weighted by Crippen LogP contribution is -2.22. The van der Waals surface area contributed by atoms with Crippen LogP contribution in [0.25, 0.3) is 0 Å². The third kappa shape index (κ3) is 4.51. The summed E-state index contributed by atoms with van der Waals surface area (Å²) >= 11 is 1.79. The maximum atomic E-state index is 4.74. The number of nitrogens with one attached hydrogen (secondary N) is 1. The fourth-order valence-corrected chi connectivity index (χ4v) is 3.11. The molecule has 0 aliphatic heterocycles. The lowest BCUT2D eigenvalue weighted by molar-refractivity contribution is 0.591. The SMILES string of the molecule is CCN(Cc1ccncc1)c1nc(C)c(CNC(C)C)s1. The van der Waals surface area contributed by atoms with Gasteiger partial charge in [0.25, 0.3) is 0 Å². The number of rotatable bonds is 7. The average molecular weight is 304 g/mol. The Kier molecular flexibility index (Phi) is 5.70. The molecule has 0 unspecified atom stereocenters. The van der Waals surface area contributed by atoms with Crippen LogP contribution in [0.1, 0.15) is 36.9 Å². The molecule has 2 aromatic heterocycles. The van der Waals surface area contributed by atoms with Crippen LogP contribution >= 0.6 is 11.3 Å². The maximum absolute atomic E-state index is 4.74. The Hall–Kier alpha value is -1.46. The Morgan fingerprint density at radius 3 is 2.62 bits per heavy atom. The van der Waals surface area contributed by atoms with Crippen molar-refractivity contribution in [3.05, 3.63) is 40.7 Å². The number of aryl methyl sites for hydroxylation is 1. The highest BCUT2D eigenvalue weighted by atomic mass is 32.1. The minimum absolute atomic E-state index is 0.494. The van der Waals surface area contributed by atoms with Crippen molar-refractivity contribution in [3.8, 4) is 0 Å². The van der Waals surface area contributed by atoms with Crippen LogP contribution in [0.3, 0.4) is 0 Å². The van der Waals surface area contributed by atoms with Crippen molar-refractivity contribution >= 4 is 16.5 Å². The van der Waals surface area contributed by atoms with Crippen LogP contribution in [-0.4, -0.2) is 22.6 Å². The van der Waals surface area contributed by atoms with Gasteiger partial charge < -0.3 is 10.2 Å². The number of aromatic nitrogens is 2. The van der Waals surface area contributed by atoms with Crippen molar-refractivity contribution in [2.24, 2.45) is 0 Å². The van der Waals surface area contributed by atoms with E-state index in [0.29, 0.717) is 6.04 Å². The van der Waals surface area contributed by atoms with Crippen LogP contribution < -0.4 is 10.2 Å². The van der Waals surface area contributed by atoms with Gasteiger partial charge in [0.05, 0.1) is 5.69 Å². The first-order valence-electron chi connectivity index (χ1n) is 7.43. The predicted octanol–water partition coefficient (Wildman–Crippen LogP) is 3.37. The summed E-state index contributed by atoms with van der Waals surface area (Å²) in [5, 5.41) is 4.57. The molecule has 4 nitrogen and oxygen atoms in total. The van der Waals surface area contributed by atoms with Crippen LogP contribution in [0.4, 0.5) is 5.13 Å². The summed E-state index contributed by atoms with van der Waals surface area (Å²) in [7, 11) is 0. The van der Waals surface area contributed by atoms with Crippen molar-refractivity contribution < 1.29 is 0 Å². The summed E-state index contributed by atoms with van der Waals surface area (Å²) in [6.45, 7) is 11.3. The van der Waals surface area contributed by atoms with Gasteiger partial charge in [-0.15, -0.1) is 11.3 Å². The molecule has 0 atom stereocenters. The number of pyridine rings is 1. The van der Waals surface area contributed by atoms with Crippen LogP contribution in [-0.2, 0) is 13.1 Å². The molecular weight excluding hydrogens is 280 g/mol. The van der Waals surface area contributed by atoms with Crippen molar-refractivity contribution in [1.82, 2.24) is 15.3 Å². The molecule has 0 saturated heterocycles. The lowest BCUT2D eigenvalue weighted by atomic mass is 10.2. The van der Waals surface area contributed by atoms with Crippen molar-refractivity contribution in [2.45, 2.75) is 46.8 Å². The van der Waals surface area contributed by atoms with Gasteiger partial charge in [0.2, 0.25) is 0 Å². The molecule has 0 aromatic carbocycles. The highest BCUT2D eigenvalue weighted by molar-refractivity contribution is 7.15. The first-order valence-corrected chi connectivity index (χ1v) is 8.25. The molecule has 0 amide bonds. The predicted molar refractivity (Wildman–Crippen MR) is 89.8 cm³/mol. The molecule has 0 spiro atoms. The zero-order chi connectivity index (χ0) is 15.2. The van der Waals surface area contributed by atoms with E-state index in [4.69, 9.17) is 4.98 Å². The van der Waals surface area contributed by atoms with Gasteiger partial charge in [-0.25, -0.2) is 4.98 Å². The second kappa shape index (κ2) is 7.52. The van der Waals surface area contributed by atoms with Crippen LogP contribution in [0, 0.1) is 6.92 Å². The maximum Gasteiger partial charge on any atom is 0.186 e. The minimum atomic E-state index is 0.494. The van der Waals surface area contributed by atoms with Crippen LogP contribution in [0.5, 0.6) is 0 Å². The summed E-state index contributed by atoms with van der Waals surface area (Å²) in [4.78, 5) is 12.5. The second-order valence-electron chi connectivity index (χ2n) is 5.41. The van der Waals surface area contributed by atoms with Gasteiger partial charge in [-0.2, -0.15) is 0 Å². The Morgan fingerprint density at radius 2 is 2.00 bits per heavy atom. The third-order valence-electron chi connectivity index (χ3n) is 3.33. The number of hydrogen-bond acceptors (Lipinski definition) is 5. The van der Waals surface area contributed by atoms with Gasteiger partial charge >= 0.3 is 0 Å². The van der Waals surface area contributed by atoms with Gasteiger partial charge in [-0.05, 0) is 31.5 Å². The van der Waals surface area contributed by atoms with Crippen LogP contribution in [0.15, 0.2) is 24.5 Å². The molecule has 0 radical (unpaired) electrons. The minimum Gasteiger partial charge on any atom is -0.344 e. The fraction of sp³-hybridized carbons (Fsp3) is 0.500. The van der Waals surface area contributed by atoms with E-state index < -0.39 is 0 Å². The lowest BCUT2D eigenvalue weighted by Gasteiger charge is -2.19. The quantitative estimate of drug-likeness (QED) is 0.851. The van der Waals surface area contributed by atoms with E-state index in [1.165, 1.54) is 10.4 Å². The summed E-state index contributed by atoms with van der Waals surface area (Å²) < 4.78 is 0. The Balaban J connectivity index is 2.09. The molecule has 2 rings (SSSR count). The molecule has 0 fully saturated rings. The van der Waals surface area contributed by atoms with Crippen molar-refractivity contribution in [2.75, 3.05) is 11.4 Å². The molecule has 0 aliphatic rings. The number of hydrogen-bond donors (Lipinski definition) is 1. The van der Waals surface area contributed by atoms with E-state index in [2.05, 4.69) is 55.0 Å². The summed E-state index contributed by atoms with van der Waals surface area (Å²) in [5.74, 6) is 0. The van der Waals surface area contributed by atoms with Gasteiger partial charge in [-0.1, -0.05) is 13.8 Å². The normalized spacial score (nSPS) is 11.1. The highest BCUT2D eigenvalue weighted by Crippen LogP contribution is 2.27. The molecule has 0 bridgehead atoms. The summed E-state index contributed by atoms with van der Waals surface area (Å²) in [5.41, 5.74) is 2.40. The third-order valence-corrected chi connectivity index (χ3v) is 4.55. The van der Waals surface area contributed by atoms with Crippen molar-refractivity contribution in [3.63, 3.8) is 0 Å². The first-order chi connectivity index (χ1) is 10.1. The van der Waals surface area contributed by atoms with E-state index in [1.54, 1.807) is 11.3 Å². The summed E-state index contributed by atoms with van der Waals surface area (Å²) in [6, 6.07) is 4.61. The number of nitrogens with zero attached hydrogens (tertiary/aromatic N) is 3. The zero-order valence-electron chi connectivity index (χ0n) is 13.3. The van der Waals surface area contributed by atoms with E-state index in [9.17, 15) is 0 Å². The monoisotopic (exact) mass is 304 g/mol. The van der Waals surface area contributed by atoms with Crippen molar-refractivity contribution in [1.29, 1.82) is 0 Å². The number of thiazole rings is 1. The van der Waals surface area contributed by atoms with Gasteiger partial charge in [0.1, 0.15) is 0 Å². The molecule has 1 N–H and O–H groups in total. The Bertz CT molecular complexity index is 551. The highest BCUT2D eigenvalue weighted by Gasteiger charge is 2.13. The van der Waals surface area contributed by atoms with E-state index in [1.807, 2.05) is 12.4 Å². The molecule has 0 aliphatic carbocycles. The standard InChI is InChI=1S/C16H24N4S/c1-5-20(11-14-6-8-17-9-7-14)16-19-13(4)15(21-16)10-18-12(2)3/h6-9,12,18H,5,10-11H2,1-4H3.